The number of pyridine rings is 3. The SMILES string of the molecule is COc1ncccc1CNn1ccc(C)c(C(C)C(=O)Nc2ccc(N)nc2C)c1=O. The zero-order chi connectivity index (χ0) is 22.5. The first-order chi connectivity index (χ1) is 14.8. The lowest BCUT2D eigenvalue weighted by molar-refractivity contribution is -0.117. The summed E-state index contributed by atoms with van der Waals surface area (Å²) in [4.78, 5) is 34.3. The Morgan fingerprint density at radius 1 is 1.26 bits per heavy atom. The van der Waals surface area contributed by atoms with Crippen molar-refractivity contribution in [3.05, 3.63) is 75.5 Å². The van der Waals surface area contributed by atoms with E-state index in [9.17, 15) is 9.59 Å². The Morgan fingerprint density at radius 3 is 2.74 bits per heavy atom. The average Bonchev–Trinajstić information content (AvgIpc) is 2.75. The number of aryl methyl sites for hydroxylation is 2. The van der Waals surface area contributed by atoms with Gasteiger partial charge in [-0.3, -0.25) is 9.59 Å². The predicted octanol–water partition coefficient (Wildman–Crippen LogP) is 2.33. The number of nitrogens with zero attached hydrogens (tertiary/aromatic N) is 3. The molecule has 0 spiro atoms. The molecule has 9 nitrogen and oxygen atoms in total. The first-order valence-electron chi connectivity index (χ1n) is 9.79. The summed E-state index contributed by atoms with van der Waals surface area (Å²) in [7, 11) is 1.54. The maximum atomic E-state index is 13.1. The highest BCUT2D eigenvalue weighted by atomic mass is 16.5. The number of rotatable bonds is 7. The van der Waals surface area contributed by atoms with Crippen LogP contribution in [0, 0.1) is 13.8 Å². The van der Waals surface area contributed by atoms with Gasteiger partial charge in [-0.05, 0) is 50.6 Å². The monoisotopic (exact) mass is 422 g/mol. The third kappa shape index (κ3) is 4.82. The van der Waals surface area contributed by atoms with E-state index < -0.39 is 5.92 Å². The zero-order valence-electron chi connectivity index (χ0n) is 18.0. The lowest BCUT2D eigenvalue weighted by Crippen LogP contribution is -2.34. The van der Waals surface area contributed by atoms with Gasteiger partial charge in [0.2, 0.25) is 11.8 Å². The lowest BCUT2D eigenvalue weighted by Gasteiger charge is -2.18. The van der Waals surface area contributed by atoms with Gasteiger partial charge in [-0.25, -0.2) is 14.6 Å². The highest BCUT2D eigenvalue weighted by Gasteiger charge is 2.22. The van der Waals surface area contributed by atoms with E-state index in [0.29, 0.717) is 35.2 Å². The summed E-state index contributed by atoms with van der Waals surface area (Å²) in [6.45, 7) is 5.60. The van der Waals surface area contributed by atoms with Gasteiger partial charge in [0, 0.05) is 23.5 Å². The molecule has 3 heterocycles. The second-order valence-electron chi connectivity index (χ2n) is 7.17. The molecule has 0 bridgehead atoms. The molecule has 3 aromatic rings. The maximum Gasteiger partial charge on any atom is 0.273 e. The smallest absolute Gasteiger partial charge is 0.273 e. The van der Waals surface area contributed by atoms with Gasteiger partial charge in [0.05, 0.1) is 31.0 Å². The summed E-state index contributed by atoms with van der Waals surface area (Å²) in [5.41, 5.74) is 11.5. The molecular formula is C22H26N6O3. The van der Waals surface area contributed by atoms with Crippen molar-refractivity contribution < 1.29 is 9.53 Å². The molecule has 9 heteroatoms. The first-order valence-corrected chi connectivity index (χ1v) is 9.79. The fourth-order valence-corrected chi connectivity index (χ4v) is 3.29. The third-order valence-electron chi connectivity index (χ3n) is 5.02. The Hall–Kier alpha value is -3.88. The van der Waals surface area contributed by atoms with Crippen LogP contribution in [0.3, 0.4) is 0 Å². The fraction of sp³-hybridized carbons (Fsp3) is 0.273. The van der Waals surface area contributed by atoms with Crippen molar-refractivity contribution in [2.45, 2.75) is 33.2 Å². The number of nitrogens with two attached hydrogens (primary N) is 1. The summed E-state index contributed by atoms with van der Waals surface area (Å²) in [5.74, 6) is -0.120. The molecule has 0 aliphatic carbocycles. The topological polar surface area (TPSA) is 124 Å². The number of hydrogen-bond donors (Lipinski definition) is 3. The van der Waals surface area contributed by atoms with Crippen molar-refractivity contribution in [1.82, 2.24) is 14.6 Å². The Balaban J connectivity index is 1.82. The summed E-state index contributed by atoms with van der Waals surface area (Å²) < 4.78 is 6.62. The van der Waals surface area contributed by atoms with E-state index in [0.717, 1.165) is 11.1 Å². The molecule has 0 saturated heterocycles. The molecule has 0 radical (unpaired) electrons. The lowest BCUT2D eigenvalue weighted by atomic mass is 9.97. The van der Waals surface area contributed by atoms with Crippen molar-refractivity contribution >= 4 is 17.4 Å². The largest absolute Gasteiger partial charge is 0.481 e. The van der Waals surface area contributed by atoms with Crippen LogP contribution in [-0.2, 0) is 11.3 Å². The van der Waals surface area contributed by atoms with Gasteiger partial charge in [0.15, 0.2) is 0 Å². The van der Waals surface area contributed by atoms with Gasteiger partial charge in [-0.15, -0.1) is 0 Å². The van der Waals surface area contributed by atoms with Gasteiger partial charge in [0.25, 0.3) is 5.56 Å². The van der Waals surface area contributed by atoms with Gasteiger partial charge >= 0.3 is 0 Å². The molecule has 4 N–H and O–H groups in total. The number of methoxy groups -OCH3 is 1. The van der Waals surface area contributed by atoms with E-state index in [-0.39, 0.29) is 11.5 Å². The van der Waals surface area contributed by atoms with E-state index >= 15 is 0 Å². The van der Waals surface area contributed by atoms with Crippen LogP contribution in [0.25, 0.3) is 0 Å². The van der Waals surface area contributed by atoms with Crippen LogP contribution in [0.15, 0.2) is 47.5 Å². The number of carbonyl (C=O) groups is 1. The predicted molar refractivity (Wildman–Crippen MR) is 120 cm³/mol. The maximum absolute atomic E-state index is 13.1. The molecule has 0 aliphatic rings. The fourth-order valence-electron chi connectivity index (χ4n) is 3.29. The molecule has 1 amide bonds. The minimum absolute atomic E-state index is 0.294. The van der Waals surface area contributed by atoms with Crippen LogP contribution >= 0.6 is 0 Å². The van der Waals surface area contributed by atoms with E-state index in [1.54, 1.807) is 57.6 Å². The number of nitrogens with one attached hydrogen (secondary N) is 2. The standard InChI is InChI=1S/C22H26N6O3/c1-13-9-11-28(25-12-16-6-5-10-24-21(16)31-4)22(30)19(13)14(2)20(29)27-17-7-8-18(23)26-15(17)3/h5-11,14,25H,12H2,1-4H3,(H2,23,26)(H,27,29). The quantitative estimate of drug-likeness (QED) is 0.534. The van der Waals surface area contributed by atoms with Crippen molar-refractivity contribution in [2.75, 3.05) is 23.6 Å². The van der Waals surface area contributed by atoms with Crippen molar-refractivity contribution in [1.29, 1.82) is 0 Å². The van der Waals surface area contributed by atoms with Crippen molar-refractivity contribution in [3.63, 3.8) is 0 Å². The van der Waals surface area contributed by atoms with E-state index in [4.69, 9.17) is 10.5 Å². The van der Waals surface area contributed by atoms with Gasteiger partial charge in [0.1, 0.15) is 5.82 Å². The normalized spacial score (nSPS) is 11.6. The van der Waals surface area contributed by atoms with Gasteiger partial charge < -0.3 is 21.2 Å². The van der Waals surface area contributed by atoms with E-state index in [1.165, 1.54) is 4.68 Å². The second kappa shape index (κ2) is 9.29. The van der Waals surface area contributed by atoms with Crippen molar-refractivity contribution in [3.8, 4) is 5.88 Å². The molecule has 31 heavy (non-hydrogen) atoms. The van der Waals surface area contributed by atoms with Gasteiger partial charge in [-0.1, -0.05) is 6.07 Å². The molecule has 3 aromatic heterocycles. The molecular weight excluding hydrogens is 396 g/mol. The number of amides is 1. The highest BCUT2D eigenvalue weighted by Crippen LogP contribution is 2.20. The van der Waals surface area contributed by atoms with Crippen LogP contribution in [0.2, 0.25) is 0 Å². The molecule has 3 rings (SSSR count). The molecule has 1 atom stereocenters. The number of aromatic nitrogens is 3. The molecule has 1 unspecified atom stereocenters. The van der Waals surface area contributed by atoms with E-state index in [2.05, 4.69) is 20.7 Å². The van der Waals surface area contributed by atoms with Gasteiger partial charge in [-0.2, -0.15) is 0 Å². The van der Waals surface area contributed by atoms with Crippen LogP contribution in [0.5, 0.6) is 5.88 Å². The first kappa shape index (κ1) is 21.8. The number of ether oxygens (including phenoxy) is 1. The summed E-state index contributed by atoms with van der Waals surface area (Å²) in [6, 6.07) is 8.76. The van der Waals surface area contributed by atoms with Crippen LogP contribution in [0.4, 0.5) is 11.5 Å². The van der Waals surface area contributed by atoms with Crippen LogP contribution in [-0.4, -0.2) is 27.7 Å². The molecule has 0 aliphatic heterocycles. The number of hydrogen-bond acceptors (Lipinski definition) is 7. The Bertz CT molecular complexity index is 1160. The Morgan fingerprint density at radius 2 is 2.03 bits per heavy atom. The third-order valence-corrected chi connectivity index (χ3v) is 5.02. The molecule has 162 valence electrons. The molecule has 0 saturated carbocycles. The van der Waals surface area contributed by atoms with Crippen LogP contribution in [0.1, 0.15) is 35.2 Å². The Kier molecular flexibility index (Phi) is 6.54. The highest BCUT2D eigenvalue weighted by molar-refractivity contribution is 5.96. The van der Waals surface area contributed by atoms with E-state index in [1.807, 2.05) is 13.0 Å². The number of anilines is 2. The van der Waals surface area contributed by atoms with Crippen LogP contribution < -0.4 is 26.8 Å². The Labute approximate surface area is 180 Å². The minimum atomic E-state index is -0.674. The average molecular weight is 422 g/mol. The molecule has 0 aromatic carbocycles. The zero-order valence-corrected chi connectivity index (χ0v) is 18.0. The summed E-state index contributed by atoms with van der Waals surface area (Å²) in [6.07, 6.45) is 3.28. The summed E-state index contributed by atoms with van der Waals surface area (Å²) in [5, 5.41) is 2.83. The number of nitrogen functional groups attached to an aromatic ring is 1. The van der Waals surface area contributed by atoms with Crippen molar-refractivity contribution in [2.24, 2.45) is 0 Å². The molecule has 0 fully saturated rings. The minimum Gasteiger partial charge on any atom is -0.481 e. The second-order valence-corrected chi connectivity index (χ2v) is 7.17. The summed E-state index contributed by atoms with van der Waals surface area (Å²) >= 11 is 0. The number of carbonyl (C=O) groups excluding carboxylic acids is 1.